The minimum atomic E-state index is -4.79. The molecule has 1 fully saturated rings. The number of alkyl halides is 3. The summed E-state index contributed by atoms with van der Waals surface area (Å²) in [4.78, 5) is 31.2. The second-order valence-electron chi connectivity index (χ2n) is 7.43. The highest BCUT2D eigenvalue weighted by Crippen LogP contribution is 2.32. The molecule has 11 heteroatoms. The van der Waals surface area contributed by atoms with Gasteiger partial charge in [-0.15, -0.1) is 13.2 Å². The minimum Gasteiger partial charge on any atom is -0.406 e. The molecule has 2 aromatic rings. The number of rotatable bonds is 5. The number of ether oxygens (including phenoxy) is 1. The molecule has 1 saturated heterocycles. The van der Waals surface area contributed by atoms with Crippen LogP contribution in [0.3, 0.4) is 0 Å². The lowest BCUT2D eigenvalue weighted by atomic mass is 9.91. The summed E-state index contributed by atoms with van der Waals surface area (Å²) in [5.41, 5.74) is 5.34. The number of thiazole rings is 1. The van der Waals surface area contributed by atoms with Gasteiger partial charge in [0.05, 0.1) is 15.6 Å². The van der Waals surface area contributed by atoms with E-state index in [4.69, 9.17) is 5.73 Å². The van der Waals surface area contributed by atoms with E-state index in [0.717, 1.165) is 17.4 Å². The van der Waals surface area contributed by atoms with Crippen LogP contribution in [0.5, 0.6) is 5.75 Å². The lowest BCUT2D eigenvalue weighted by Crippen LogP contribution is -2.50. The summed E-state index contributed by atoms with van der Waals surface area (Å²) < 4.78 is 41.5. The molecule has 0 radical (unpaired) electrons. The molecule has 0 spiro atoms. The Labute approximate surface area is 169 Å². The Hall–Kier alpha value is -2.40. The molecule has 3 N–H and O–H groups in total. The Bertz CT molecular complexity index is 929. The zero-order valence-corrected chi connectivity index (χ0v) is 16.7. The number of nitrogens with zero attached hydrogens (tertiary/aromatic N) is 2. The van der Waals surface area contributed by atoms with Crippen molar-refractivity contribution in [3.63, 3.8) is 0 Å². The quantitative estimate of drug-likeness (QED) is 0.760. The Morgan fingerprint density at radius 2 is 2.10 bits per heavy atom. The molecular weight excluding hydrogens is 409 g/mol. The van der Waals surface area contributed by atoms with Gasteiger partial charge in [-0.1, -0.05) is 11.3 Å². The fourth-order valence-corrected chi connectivity index (χ4v) is 4.00. The molecule has 29 heavy (non-hydrogen) atoms. The van der Waals surface area contributed by atoms with Gasteiger partial charge in [0.1, 0.15) is 11.8 Å². The number of carbonyl (C=O) groups is 2. The number of hydrogen-bond acceptors (Lipinski definition) is 6. The predicted molar refractivity (Wildman–Crippen MR) is 103 cm³/mol. The zero-order chi connectivity index (χ0) is 21.4. The van der Waals surface area contributed by atoms with Gasteiger partial charge < -0.3 is 20.7 Å². The molecular formula is C18H21F3N4O3S. The number of nitrogens with one attached hydrogen (secondary N) is 1. The molecule has 0 saturated carbocycles. The molecule has 2 heterocycles. The van der Waals surface area contributed by atoms with E-state index >= 15 is 0 Å². The third kappa shape index (κ3) is 4.78. The first-order valence-corrected chi connectivity index (χ1v) is 9.80. The number of hydrogen-bond donors (Lipinski definition) is 2. The van der Waals surface area contributed by atoms with Gasteiger partial charge in [0.15, 0.2) is 5.13 Å². The molecule has 2 amide bonds. The number of likely N-dealkylation sites (tertiary alicyclic amines) is 1. The summed E-state index contributed by atoms with van der Waals surface area (Å²) in [5, 5.41) is 2.92. The topological polar surface area (TPSA) is 97.6 Å². The maximum Gasteiger partial charge on any atom is 0.573 e. The van der Waals surface area contributed by atoms with Gasteiger partial charge in [0.2, 0.25) is 11.8 Å². The molecule has 3 rings (SSSR count). The van der Waals surface area contributed by atoms with E-state index in [1.165, 1.54) is 17.0 Å². The second-order valence-corrected chi connectivity index (χ2v) is 8.46. The number of halogens is 3. The summed E-state index contributed by atoms with van der Waals surface area (Å²) in [6, 6.07) is 3.13. The number of aromatic nitrogens is 1. The Balaban J connectivity index is 1.74. The van der Waals surface area contributed by atoms with Crippen LogP contribution in [0.15, 0.2) is 18.2 Å². The molecule has 1 aromatic heterocycles. The van der Waals surface area contributed by atoms with E-state index in [0.29, 0.717) is 29.6 Å². The summed E-state index contributed by atoms with van der Waals surface area (Å²) in [7, 11) is 0. The number of carbonyl (C=O) groups excluding carboxylic acids is 2. The summed E-state index contributed by atoms with van der Waals surface area (Å²) >= 11 is 1.03. The number of amides is 2. The van der Waals surface area contributed by atoms with Crippen LogP contribution in [0.1, 0.15) is 26.7 Å². The van der Waals surface area contributed by atoms with Crippen molar-refractivity contribution in [2.75, 3.05) is 18.4 Å². The minimum absolute atomic E-state index is 0.164. The van der Waals surface area contributed by atoms with Crippen LogP contribution in [0.2, 0.25) is 0 Å². The number of fused-ring (bicyclic) bond motifs is 1. The fraction of sp³-hybridized carbons (Fsp3) is 0.500. The SMILES string of the molecule is CC(C)(CN)C(=O)N1CCC[C@H]1C(=O)Nc1nc2ccc(OC(F)(F)F)cc2s1. The van der Waals surface area contributed by atoms with Gasteiger partial charge in [-0.2, -0.15) is 0 Å². The Kier molecular flexibility index (Phi) is 5.72. The standard InChI is InChI=1S/C18H21F3N4O3S/c1-17(2,9-22)15(27)25-7-3-4-12(25)14(26)24-16-23-11-6-5-10(8-13(11)29-16)28-18(19,20)21/h5-6,8,12H,3-4,7,9,22H2,1-2H3,(H,23,24,26)/t12-/m0/s1. The lowest BCUT2D eigenvalue weighted by Gasteiger charge is -2.31. The van der Waals surface area contributed by atoms with Crippen molar-refractivity contribution in [3.05, 3.63) is 18.2 Å². The maximum atomic E-state index is 12.7. The van der Waals surface area contributed by atoms with E-state index in [9.17, 15) is 22.8 Å². The van der Waals surface area contributed by atoms with E-state index in [-0.39, 0.29) is 29.2 Å². The lowest BCUT2D eigenvalue weighted by molar-refractivity contribution is -0.274. The third-order valence-electron chi connectivity index (χ3n) is 4.73. The highest BCUT2D eigenvalue weighted by atomic mass is 32.1. The number of anilines is 1. The average Bonchev–Trinajstić information content (AvgIpc) is 3.25. The van der Waals surface area contributed by atoms with Crippen LogP contribution >= 0.6 is 11.3 Å². The molecule has 1 aromatic carbocycles. The number of nitrogens with two attached hydrogens (primary N) is 1. The van der Waals surface area contributed by atoms with Crippen LogP contribution in [0.4, 0.5) is 18.3 Å². The molecule has 0 bridgehead atoms. The largest absolute Gasteiger partial charge is 0.573 e. The normalized spacial score (nSPS) is 17.6. The van der Waals surface area contributed by atoms with Crippen molar-refractivity contribution in [1.82, 2.24) is 9.88 Å². The van der Waals surface area contributed by atoms with Gasteiger partial charge in [-0.3, -0.25) is 9.59 Å². The molecule has 158 valence electrons. The molecule has 1 atom stereocenters. The average molecular weight is 430 g/mol. The molecule has 0 aliphatic carbocycles. The van der Waals surface area contributed by atoms with E-state index < -0.39 is 17.8 Å². The van der Waals surface area contributed by atoms with Gasteiger partial charge in [-0.05, 0) is 38.8 Å². The van der Waals surface area contributed by atoms with Crippen molar-refractivity contribution in [1.29, 1.82) is 0 Å². The Morgan fingerprint density at radius 3 is 2.76 bits per heavy atom. The first kappa shape index (κ1) is 21.3. The summed E-state index contributed by atoms with van der Waals surface area (Å²) in [5.74, 6) is -0.923. The molecule has 1 aliphatic rings. The monoisotopic (exact) mass is 430 g/mol. The molecule has 1 aliphatic heterocycles. The van der Waals surface area contributed by atoms with E-state index in [1.54, 1.807) is 13.8 Å². The van der Waals surface area contributed by atoms with E-state index in [2.05, 4.69) is 15.0 Å². The second kappa shape index (κ2) is 7.79. The maximum absolute atomic E-state index is 12.7. The van der Waals surface area contributed by atoms with Crippen molar-refractivity contribution in [3.8, 4) is 5.75 Å². The van der Waals surface area contributed by atoms with Gasteiger partial charge in [-0.25, -0.2) is 4.98 Å². The van der Waals surface area contributed by atoms with Crippen molar-refractivity contribution in [2.24, 2.45) is 11.1 Å². The van der Waals surface area contributed by atoms with Crippen LogP contribution in [-0.4, -0.2) is 47.2 Å². The highest BCUT2D eigenvalue weighted by molar-refractivity contribution is 7.22. The predicted octanol–water partition coefficient (Wildman–Crippen LogP) is 3.11. The first-order valence-electron chi connectivity index (χ1n) is 8.98. The van der Waals surface area contributed by atoms with Crippen LogP contribution < -0.4 is 15.8 Å². The summed E-state index contributed by atoms with van der Waals surface area (Å²) in [6.45, 7) is 4.10. The fourth-order valence-electron chi connectivity index (χ4n) is 3.10. The highest BCUT2D eigenvalue weighted by Gasteiger charge is 2.40. The zero-order valence-electron chi connectivity index (χ0n) is 15.9. The number of benzene rings is 1. The van der Waals surface area contributed by atoms with Gasteiger partial charge >= 0.3 is 6.36 Å². The van der Waals surface area contributed by atoms with Crippen LogP contribution in [0, 0.1) is 5.41 Å². The first-order chi connectivity index (χ1) is 13.5. The van der Waals surface area contributed by atoms with Gasteiger partial charge in [0.25, 0.3) is 0 Å². The Morgan fingerprint density at radius 1 is 1.38 bits per heavy atom. The molecule has 7 nitrogen and oxygen atoms in total. The smallest absolute Gasteiger partial charge is 0.406 e. The third-order valence-corrected chi connectivity index (χ3v) is 5.66. The van der Waals surface area contributed by atoms with Crippen LogP contribution in [0.25, 0.3) is 10.2 Å². The van der Waals surface area contributed by atoms with Gasteiger partial charge in [0, 0.05) is 19.2 Å². The van der Waals surface area contributed by atoms with Crippen LogP contribution in [-0.2, 0) is 9.59 Å². The van der Waals surface area contributed by atoms with E-state index in [1.807, 2.05) is 0 Å². The molecule has 0 unspecified atom stereocenters. The van der Waals surface area contributed by atoms with Crippen molar-refractivity contribution >= 4 is 38.5 Å². The van der Waals surface area contributed by atoms with Crippen molar-refractivity contribution < 1.29 is 27.5 Å². The van der Waals surface area contributed by atoms with Crippen molar-refractivity contribution in [2.45, 2.75) is 39.1 Å². The summed E-state index contributed by atoms with van der Waals surface area (Å²) in [6.07, 6.45) is -3.57.